The van der Waals surface area contributed by atoms with Crippen LogP contribution >= 0.6 is 0 Å². The van der Waals surface area contributed by atoms with E-state index in [1.807, 2.05) is 13.8 Å². The molecular weight excluding hydrogens is 192 g/mol. The van der Waals surface area contributed by atoms with E-state index in [1.54, 1.807) is 0 Å². The first kappa shape index (κ1) is 12.2. The molecule has 4 heteroatoms. The van der Waals surface area contributed by atoms with Gasteiger partial charge in [-0.05, 0) is 24.8 Å². The monoisotopic (exact) mass is 212 g/mol. The van der Waals surface area contributed by atoms with Gasteiger partial charge in [-0.3, -0.25) is 14.5 Å². The molecule has 1 aliphatic heterocycles. The molecule has 0 aliphatic carbocycles. The number of likely N-dealkylation sites (tertiary alicyclic amines) is 1. The maximum Gasteiger partial charge on any atom is 0.229 e. The summed E-state index contributed by atoms with van der Waals surface area (Å²) in [5.74, 6) is -0.0851. The number of amides is 2. The number of hydrogen-bond donors (Lipinski definition) is 1. The van der Waals surface area contributed by atoms with Crippen LogP contribution < -0.4 is 5.73 Å². The van der Waals surface area contributed by atoms with Crippen LogP contribution in [0, 0.1) is 5.41 Å². The van der Waals surface area contributed by atoms with E-state index in [2.05, 4.69) is 0 Å². The highest BCUT2D eigenvalue weighted by Crippen LogP contribution is 2.19. The minimum Gasteiger partial charge on any atom is -0.330 e. The summed E-state index contributed by atoms with van der Waals surface area (Å²) in [5, 5.41) is 0. The summed E-state index contributed by atoms with van der Waals surface area (Å²) < 4.78 is 0. The summed E-state index contributed by atoms with van der Waals surface area (Å²) in [6.07, 6.45) is 2.63. The summed E-state index contributed by atoms with van der Waals surface area (Å²) in [7, 11) is 0. The molecule has 0 atom stereocenters. The highest BCUT2D eigenvalue weighted by atomic mass is 16.2. The van der Waals surface area contributed by atoms with Crippen molar-refractivity contribution in [2.24, 2.45) is 11.1 Å². The van der Waals surface area contributed by atoms with Gasteiger partial charge in [0.15, 0.2) is 0 Å². The van der Waals surface area contributed by atoms with Crippen LogP contribution in [0.2, 0.25) is 0 Å². The first-order valence-corrected chi connectivity index (χ1v) is 5.49. The lowest BCUT2D eigenvalue weighted by atomic mass is 9.93. The maximum absolute atomic E-state index is 11.7. The van der Waals surface area contributed by atoms with Crippen molar-refractivity contribution in [3.8, 4) is 0 Å². The minimum atomic E-state index is -0.185. The average molecular weight is 212 g/mol. The predicted octanol–water partition coefficient (Wildman–Crippen LogP) is 0.900. The van der Waals surface area contributed by atoms with E-state index in [0.29, 0.717) is 25.9 Å². The third-order valence-electron chi connectivity index (χ3n) is 2.77. The summed E-state index contributed by atoms with van der Waals surface area (Å²) in [6.45, 7) is 4.86. The van der Waals surface area contributed by atoms with Gasteiger partial charge in [-0.25, -0.2) is 0 Å². The van der Waals surface area contributed by atoms with Crippen molar-refractivity contribution < 1.29 is 9.59 Å². The van der Waals surface area contributed by atoms with Crippen molar-refractivity contribution in [3.05, 3.63) is 0 Å². The fourth-order valence-electron chi connectivity index (χ4n) is 1.63. The molecule has 86 valence electrons. The fraction of sp³-hybridized carbons (Fsp3) is 0.818. The lowest BCUT2D eigenvalue weighted by Gasteiger charge is -2.29. The second kappa shape index (κ2) is 4.75. The van der Waals surface area contributed by atoms with Gasteiger partial charge in [0.25, 0.3) is 0 Å². The highest BCUT2D eigenvalue weighted by molar-refractivity contribution is 5.96. The molecule has 2 amide bonds. The lowest BCUT2D eigenvalue weighted by molar-refractivity contribution is -0.145. The van der Waals surface area contributed by atoms with E-state index >= 15 is 0 Å². The quantitative estimate of drug-likeness (QED) is 0.707. The van der Waals surface area contributed by atoms with Gasteiger partial charge < -0.3 is 5.73 Å². The molecular formula is C11H20N2O2. The minimum absolute atomic E-state index is 0.0426. The smallest absolute Gasteiger partial charge is 0.229 e. The molecule has 1 saturated heterocycles. The second-order valence-electron chi connectivity index (χ2n) is 4.95. The van der Waals surface area contributed by atoms with Gasteiger partial charge in [-0.15, -0.1) is 0 Å². The van der Waals surface area contributed by atoms with Gasteiger partial charge in [0.05, 0.1) is 0 Å². The molecule has 0 aromatic heterocycles. The van der Waals surface area contributed by atoms with Crippen LogP contribution in [0.4, 0.5) is 0 Å². The Morgan fingerprint density at radius 3 is 2.07 bits per heavy atom. The molecule has 2 N–H and O–H groups in total. The van der Waals surface area contributed by atoms with Gasteiger partial charge in [-0.1, -0.05) is 13.8 Å². The number of nitrogens with zero attached hydrogens (tertiary/aromatic N) is 1. The number of nitrogens with two attached hydrogens (primary N) is 1. The van der Waals surface area contributed by atoms with Crippen LogP contribution in [0.15, 0.2) is 0 Å². The van der Waals surface area contributed by atoms with Crippen molar-refractivity contribution in [2.75, 3.05) is 13.1 Å². The Balaban J connectivity index is 2.71. The molecule has 0 saturated carbocycles. The zero-order valence-electron chi connectivity index (χ0n) is 9.58. The predicted molar refractivity (Wildman–Crippen MR) is 58.0 cm³/mol. The molecule has 0 spiro atoms. The van der Waals surface area contributed by atoms with E-state index in [4.69, 9.17) is 5.73 Å². The Labute approximate surface area is 90.8 Å². The fourth-order valence-corrected chi connectivity index (χ4v) is 1.63. The zero-order valence-corrected chi connectivity index (χ0v) is 9.58. The van der Waals surface area contributed by atoms with Crippen molar-refractivity contribution in [1.29, 1.82) is 0 Å². The summed E-state index contributed by atoms with van der Waals surface area (Å²) >= 11 is 0. The van der Waals surface area contributed by atoms with Crippen LogP contribution in [0.5, 0.6) is 0 Å². The Bertz CT molecular complexity index is 243. The van der Waals surface area contributed by atoms with Crippen LogP contribution in [-0.4, -0.2) is 29.8 Å². The first-order valence-electron chi connectivity index (χ1n) is 5.49. The Kier molecular flexibility index (Phi) is 3.85. The van der Waals surface area contributed by atoms with E-state index in [1.165, 1.54) is 4.90 Å². The Morgan fingerprint density at radius 1 is 1.20 bits per heavy atom. The molecule has 0 unspecified atom stereocenters. The zero-order chi connectivity index (χ0) is 11.5. The maximum atomic E-state index is 11.7. The van der Waals surface area contributed by atoms with Crippen LogP contribution in [-0.2, 0) is 9.59 Å². The topological polar surface area (TPSA) is 63.4 Å². The van der Waals surface area contributed by atoms with Crippen LogP contribution in [0.3, 0.4) is 0 Å². The molecule has 0 aromatic carbocycles. The molecule has 1 rings (SSSR count). The molecule has 1 fully saturated rings. The average Bonchev–Trinajstić information content (AvgIpc) is 2.33. The van der Waals surface area contributed by atoms with E-state index in [-0.39, 0.29) is 17.2 Å². The van der Waals surface area contributed by atoms with Crippen molar-refractivity contribution in [3.63, 3.8) is 0 Å². The molecule has 4 nitrogen and oxygen atoms in total. The SMILES string of the molecule is CC(C)(CN)CN1C(=O)CCCCC1=O. The molecule has 15 heavy (non-hydrogen) atoms. The Hall–Kier alpha value is -0.900. The number of rotatable bonds is 3. The van der Waals surface area contributed by atoms with E-state index < -0.39 is 0 Å². The molecule has 1 heterocycles. The van der Waals surface area contributed by atoms with Gasteiger partial charge in [0, 0.05) is 19.4 Å². The largest absolute Gasteiger partial charge is 0.330 e. The molecule has 1 aliphatic rings. The van der Waals surface area contributed by atoms with E-state index in [0.717, 1.165) is 12.8 Å². The van der Waals surface area contributed by atoms with Crippen molar-refractivity contribution in [2.45, 2.75) is 39.5 Å². The van der Waals surface area contributed by atoms with Gasteiger partial charge in [-0.2, -0.15) is 0 Å². The van der Waals surface area contributed by atoms with E-state index in [9.17, 15) is 9.59 Å². The standard InChI is InChI=1S/C11H20N2O2/c1-11(2,7-12)8-13-9(14)5-3-4-6-10(13)15/h3-8,12H2,1-2H3. The van der Waals surface area contributed by atoms with Gasteiger partial charge in [0.1, 0.15) is 0 Å². The van der Waals surface area contributed by atoms with Crippen LogP contribution in [0.1, 0.15) is 39.5 Å². The number of carbonyl (C=O) groups is 2. The van der Waals surface area contributed by atoms with Crippen LogP contribution in [0.25, 0.3) is 0 Å². The highest BCUT2D eigenvalue weighted by Gasteiger charge is 2.29. The van der Waals surface area contributed by atoms with Gasteiger partial charge in [0.2, 0.25) is 11.8 Å². The van der Waals surface area contributed by atoms with Crippen molar-refractivity contribution in [1.82, 2.24) is 4.90 Å². The summed E-state index contributed by atoms with van der Waals surface area (Å²) in [4.78, 5) is 24.8. The third kappa shape index (κ3) is 3.30. The lowest BCUT2D eigenvalue weighted by Crippen LogP contribution is -2.44. The molecule has 0 bridgehead atoms. The van der Waals surface area contributed by atoms with Gasteiger partial charge >= 0.3 is 0 Å². The third-order valence-corrected chi connectivity index (χ3v) is 2.77. The Morgan fingerprint density at radius 2 is 1.67 bits per heavy atom. The number of imide groups is 1. The number of hydrogen-bond acceptors (Lipinski definition) is 3. The summed E-state index contributed by atoms with van der Waals surface area (Å²) in [5.41, 5.74) is 5.42. The number of carbonyl (C=O) groups excluding carboxylic acids is 2. The van der Waals surface area contributed by atoms with Crippen molar-refractivity contribution >= 4 is 11.8 Å². The first-order chi connectivity index (χ1) is 6.96. The normalized spacial score (nSPS) is 19.3. The summed E-state index contributed by atoms with van der Waals surface area (Å²) in [6, 6.07) is 0. The second-order valence-corrected chi connectivity index (χ2v) is 4.95. The molecule has 0 radical (unpaired) electrons. The molecule has 0 aromatic rings.